The van der Waals surface area contributed by atoms with Gasteiger partial charge in [0.05, 0.1) is 0 Å². The molecule has 0 unspecified atom stereocenters. The minimum atomic E-state index is 0.302. The van der Waals surface area contributed by atoms with Crippen molar-refractivity contribution in [2.75, 3.05) is 36.0 Å². The summed E-state index contributed by atoms with van der Waals surface area (Å²) < 4.78 is 2.05. The van der Waals surface area contributed by atoms with Crippen LogP contribution < -0.4 is 9.80 Å². The number of fused-ring (bicyclic) bond motifs is 1. The molecule has 6 heteroatoms. The van der Waals surface area contributed by atoms with Crippen LogP contribution in [0.5, 0.6) is 5.75 Å². The van der Waals surface area contributed by atoms with E-state index in [0.717, 1.165) is 54.5 Å². The van der Waals surface area contributed by atoms with Gasteiger partial charge in [-0.15, -0.1) is 0 Å². The summed E-state index contributed by atoms with van der Waals surface area (Å²) in [5.74, 6) is 1.30. The third-order valence-electron chi connectivity index (χ3n) is 5.28. The first kappa shape index (κ1) is 16.6. The maximum atomic E-state index is 9.48. The van der Waals surface area contributed by atoms with E-state index in [1.165, 1.54) is 0 Å². The fraction of sp³-hybridized carbons (Fsp3) is 0.182. The maximum absolute atomic E-state index is 9.48. The molecule has 28 heavy (non-hydrogen) atoms. The van der Waals surface area contributed by atoms with E-state index in [2.05, 4.69) is 43.6 Å². The molecule has 1 aromatic carbocycles. The lowest BCUT2D eigenvalue weighted by atomic mass is 10.1. The van der Waals surface area contributed by atoms with Gasteiger partial charge in [0.1, 0.15) is 17.2 Å². The highest BCUT2D eigenvalue weighted by Crippen LogP contribution is 2.26. The second kappa shape index (κ2) is 6.88. The van der Waals surface area contributed by atoms with Crippen molar-refractivity contribution in [1.82, 2.24) is 14.4 Å². The van der Waals surface area contributed by atoms with Gasteiger partial charge >= 0.3 is 0 Å². The summed E-state index contributed by atoms with van der Waals surface area (Å²) in [6.07, 6.45) is 7.77. The monoisotopic (exact) mass is 371 g/mol. The van der Waals surface area contributed by atoms with Gasteiger partial charge in [-0.3, -0.25) is 4.98 Å². The number of benzene rings is 1. The fourth-order valence-corrected chi connectivity index (χ4v) is 3.75. The molecule has 0 spiro atoms. The molecule has 0 atom stereocenters. The van der Waals surface area contributed by atoms with Crippen LogP contribution in [0.2, 0.25) is 0 Å². The molecule has 1 saturated heterocycles. The number of anilines is 2. The first-order chi connectivity index (χ1) is 13.8. The Labute approximate surface area is 163 Å². The standard InChI is InChI=1S/C22H21N5O/c28-19-5-3-18(4-6-19)25-12-14-26(15-13-25)21-8-11-27-10-7-20(22(27)24-21)17-2-1-9-23-16-17/h1-11,16,28H,12-15H2. The van der Waals surface area contributed by atoms with Gasteiger partial charge in [0.15, 0.2) is 0 Å². The molecule has 0 aliphatic carbocycles. The molecule has 140 valence electrons. The van der Waals surface area contributed by atoms with E-state index in [0.29, 0.717) is 5.75 Å². The molecular weight excluding hydrogens is 350 g/mol. The van der Waals surface area contributed by atoms with Crippen LogP contribution in [0, 0.1) is 0 Å². The fourth-order valence-electron chi connectivity index (χ4n) is 3.75. The van der Waals surface area contributed by atoms with Crippen LogP contribution in [0.4, 0.5) is 11.5 Å². The van der Waals surface area contributed by atoms with E-state index < -0.39 is 0 Å². The van der Waals surface area contributed by atoms with Gasteiger partial charge in [-0.1, -0.05) is 6.07 Å². The number of phenolic OH excluding ortho intramolecular Hbond substituents is 1. The van der Waals surface area contributed by atoms with E-state index in [-0.39, 0.29) is 0 Å². The average molecular weight is 371 g/mol. The third-order valence-corrected chi connectivity index (χ3v) is 5.28. The summed E-state index contributed by atoms with van der Waals surface area (Å²) in [5.41, 5.74) is 4.27. The molecule has 0 amide bonds. The summed E-state index contributed by atoms with van der Waals surface area (Å²) in [5, 5.41) is 9.48. The Hall–Kier alpha value is -3.54. The first-order valence-electron chi connectivity index (χ1n) is 9.45. The van der Waals surface area contributed by atoms with E-state index in [9.17, 15) is 5.11 Å². The van der Waals surface area contributed by atoms with Crippen molar-refractivity contribution in [2.24, 2.45) is 0 Å². The lowest BCUT2D eigenvalue weighted by molar-refractivity contribution is 0.475. The Kier molecular flexibility index (Phi) is 4.09. The lowest BCUT2D eigenvalue weighted by Crippen LogP contribution is -2.46. The molecule has 1 fully saturated rings. The number of pyridine rings is 1. The molecule has 5 rings (SSSR count). The molecule has 1 aliphatic heterocycles. The molecule has 3 aromatic heterocycles. The van der Waals surface area contributed by atoms with Crippen molar-refractivity contribution in [2.45, 2.75) is 0 Å². The zero-order valence-electron chi connectivity index (χ0n) is 15.4. The van der Waals surface area contributed by atoms with Crippen LogP contribution in [-0.2, 0) is 0 Å². The van der Waals surface area contributed by atoms with Gasteiger partial charge in [-0.2, -0.15) is 0 Å². The number of hydrogen-bond donors (Lipinski definition) is 1. The zero-order valence-corrected chi connectivity index (χ0v) is 15.4. The Morgan fingerprint density at radius 2 is 1.57 bits per heavy atom. The minimum Gasteiger partial charge on any atom is -0.508 e. The summed E-state index contributed by atoms with van der Waals surface area (Å²) in [6.45, 7) is 3.67. The summed E-state index contributed by atoms with van der Waals surface area (Å²) in [6, 6.07) is 15.6. The van der Waals surface area contributed by atoms with Gasteiger partial charge < -0.3 is 19.3 Å². The zero-order chi connectivity index (χ0) is 18.9. The number of aromatic nitrogens is 3. The first-order valence-corrected chi connectivity index (χ1v) is 9.45. The maximum Gasteiger partial charge on any atom is 0.147 e. The molecule has 4 heterocycles. The van der Waals surface area contributed by atoms with E-state index in [1.54, 1.807) is 18.3 Å². The van der Waals surface area contributed by atoms with Gasteiger partial charge in [-0.25, -0.2) is 4.98 Å². The molecule has 0 radical (unpaired) electrons. The van der Waals surface area contributed by atoms with Crippen LogP contribution in [-0.4, -0.2) is 45.7 Å². The third kappa shape index (κ3) is 3.03. The predicted molar refractivity (Wildman–Crippen MR) is 111 cm³/mol. The van der Waals surface area contributed by atoms with Crippen molar-refractivity contribution in [3.8, 4) is 16.9 Å². The van der Waals surface area contributed by atoms with Crippen molar-refractivity contribution >= 4 is 17.2 Å². The van der Waals surface area contributed by atoms with Gasteiger partial charge in [0.25, 0.3) is 0 Å². The van der Waals surface area contributed by atoms with Crippen molar-refractivity contribution in [3.63, 3.8) is 0 Å². The molecule has 4 aromatic rings. The smallest absolute Gasteiger partial charge is 0.147 e. The Balaban J connectivity index is 1.38. The topological polar surface area (TPSA) is 56.9 Å². The number of phenols is 1. The van der Waals surface area contributed by atoms with Crippen LogP contribution in [0.3, 0.4) is 0 Å². The van der Waals surface area contributed by atoms with Gasteiger partial charge in [-0.05, 0) is 42.5 Å². The summed E-state index contributed by atoms with van der Waals surface area (Å²) >= 11 is 0. The molecule has 0 saturated carbocycles. The minimum absolute atomic E-state index is 0.302. The van der Waals surface area contributed by atoms with E-state index >= 15 is 0 Å². The van der Waals surface area contributed by atoms with Crippen molar-refractivity contribution in [1.29, 1.82) is 0 Å². The average Bonchev–Trinajstić information content (AvgIpc) is 3.18. The SMILES string of the molecule is Oc1ccc(N2CCN(c3ccn4ccc(-c5cccnc5)c4n3)CC2)cc1. The van der Waals surface area contributed by atoms with E-state index in [4.69, 9.17) is 4.98 Å². The second-order valence-corrected chi connectivity index (χ2v) is 6.98. The highest BCUT2D eigenvalue weighted by Gasteiger charge is 2.19. The Morgan fingerprint density at radius 3 is 2.32 bits per heavy atom. The molecule has 1 N–H and O–H groups in total. The largest absolute Gasteiger partial charge is 0.508 e. The Bertz CT molecular complexity index is 1080. The molecular formula is C22H21N5O. The van der Waals surface area contributed by atoms with Crippen LogP contribution in [0.1, 0.15) is 0 Å². The van der Waals surface area contributed by atoms with Crippen molar-refractivity contribution < 1.29 is 5.11 Å². The van der Waals surface area contributed by atoms with Gasteiger partial charge in [0, 0.05) is 67.8 Å². The lowest BCUT2D eigenvalue weighted by Gasteiger charge is -2.36. The Morgan fingerprint density at radius 1 is 0.821 bits per heavy atom. The number of nitrogens with zero attached hydrogens (tertiary/aromatic N) is 5. The number of hydrogen-bond acceptors (Lipinski definition) is 5. The normalized spacial score (nSPS) is 14.6. The van der Waals surface area contributed by atoms with Gasteiger partial charge in [0.2, 0.25) is 0 Å². The predicted octanol–water partition coefficient (Wildman–Crippen LogP) is 3.43. The second-order valence-electron chi connectivity index (χ2n) is 6.98. The number of piperazine rings is 1. The van der Waals surface area contributed by atoms with Crippen LogP contribution >= 0.6 is 0 Å². The number of rotatable bonds is 3. The number of aromatic hydroxyl groups is 1. The van der Waals surface area contributed by atoms with Crippen LogP contribution in [0.15, 0.2) is 73.3 Å². The molecule has 6 nitrogen and oxygen atoms in total. The van der Waals surface area contributed by atoms with E-state index in [1.807, 2.05) is 30.6 Å². The highest BCUT2D eigenvalue weighted by molar-refractivity contribution is 5.78. The summed E-state index contributed by atoms with van der Waals surface area (Å²) in [4.78, 5) is 13.9. The molecule has 1 aliphatic rings. The van der Waals surface area contributed by atoms with Crippen LogP contribution in [0.25, 0.3) is 16.8 Å². The highest BCUT2D eigenvalue weighted by atomic mass is 16.3. The van der Waals surface area contributed by atoms with Crippen molar-refractivity contribution in [3.05, 3.63) is 73.3 Å². The molecule has 0 bridgehead atoms. The summed E-state index contributed by atoms with van der Waals surface area (Å²) in [7, 11) is 0. The quantitative estimate of drug-likeness (QED) is 0.598.